The Morgan fingerprint density at radius 1 is 0.824 bits per heavy atom. The molecular formula is C27H26N2O5. The summed E-state index contributed by atoms with van der Waals surface area (Å²) in [7, 11) is 3.03. The van der Waals surface area contributed by atoms with Crippen LogP contribution in [0.4, 0.5) is 11.4 Å². The van der Waals surface area contributed by atoms with Gasteiger partial charge in [0.2, 0.25) is 0 Å². The normalized spacial score (nSPS) is 13.3. The van der Waals surface area contributed by atoms with Crippen molar-refractivity contribution in [3.05, 3.63) is 84.1 Å². The number of ether oxygens (including phenoxy) is 3. The van der Waals surface area contributed by atoms with E-state index in [4.69, 9.17) is 14.2 Å². The summed E-state index contributed by atoms with van der Waals surface area (Å²) in [6.45, 7) is 2.61. The Bertz CT molecular complexity index is 1250. The zero-order chi connectivity index (χ0) is 24.1. The number of hydrogen-bond acceptors (Lipinski definition) is 6. The van der Waals surface area contributed by atoms with Crippen LogP contribution in [0.5, 0.6) is 17.2 Å². The van der Waals surface area contributed by atoms with E-state index in [9.17, 15) is 9.59 Å². The number of carbonyl (C=O) groups is 2. The molecule has 0 saturated carbocycles. The predicted octanol–water partition coefficient (Wildman–Crippen LogP) is 4.89. The summed E-state index contributed by atoms with van der Waals surface area (Å²) in [5.41, 5.74) is 1.87. The average molecular weight is 459 g/mol. The van der Waals surface area contributed by atoms with Crippen molar-refractivity contribution in [1.82, 2.24) is 0 Å². The summed E-state index contributed by atoms with van der Waals surface area (Å²) in [6, 6.07) is 21.3. The molecule has 1 N–H and O–H groups in total. The van der Waals surface area contributed by atoms with Crippen LogP contribution in [-0.4, -0.2) is 32.6 Å². The van der Waals surface area contributed by atoms with Gasteiger partial charge in [0.05, 0.1) is 32.1 Å². The van der Waals surface area contributed by atoms with Crippen LogP contribution in [0.2, 0.25) is 0 Å². The molecule has 4 rings (SSSR count). The first kappa shape index (κ1) is 22.9. The van der Waals surface area contributed by atoms with Crippen molar-refractivity contribution >= 4 is 28.8 Å². The average Bonchev–Trinajstić information content (AvgIpc) is 3.11. The van der Waals surface area contributed by atoms with Crippen LogP contribution < -0.4 is 24.4 Å². The molecule has 1 aliphatic heterocycles. The van der Waals surface area contributed by atoms with Crippen molar-refractivity contribution in [2.24, 2.45) is 0 Å². The minimum Gasteiger partial charge on any atom is -0.496 e. The molecule has 1 heterocycles. The van der Waals surface area contributed by atoms with E-state index in [1.165, 1.54) is 14.2 Å². The molecule has 7 nitrogen and oxygen atoms in total. The number of carbonyl (C=O) groups excluding carboxylic acids is 2. The molecule has 7 heteroatoms. The van der Waals surface area contributed by atoms with Gasteiger partial charge in [-0.25, -0.2) is 4.90 Å². The molecule has 34 heavy (non-hydrogen) atoms. The number of nitrogens with one attached hydrogen (secondary N) is 1. The van der Waals surface area contributed by atoms with Gasteiger partial charge in [0.15, 0.2) is 0 Å². The lowest BCUT2D eigenvalue weighted by Gasteiger charge is -2.18. The highest BCUT2D eigenvalue weighted by Gasteiger charge is 2.42. The molecule has 2 amide bonds. The molecule has 0 fully saturated rings. The molecule has 0 atom stereocenters. The Hall–Kier alpha value is -4.26. The van der Waals surface area contributed by atoms with Gasteiger partial charge in [-0.15, -0.1) is 0 Å². The molecule has 0 saturated heterocycles. The van der Waals surface area contributed by atoms with Crippen molar-refractivity contribution < 1.29 is 23.8 Å². The molecule has 174 valence electrons. The Morgan fingerprint density at radius 3 is 2.26 bits per heavy atom. The molecule has 0 aliphatic carbocycles. The molecule has 0 bridgehead atoms. The first-order valence-corrected chi connectivity index (χ1v) is 11.0. The second kappa shape index (κ2) is 10.1. The van der Waals surface area contributed by atoms with E-state index in [1.54, 1.807) is 48.5 Å². The van der Waals surface area contributed by atoms with E-state index < -0.39 is 11.8 Å². The summed E-state index contributed by atoms with van der Waals surface area (Å²) < 4.78 is 16.6. The number of imide groups is 1. The topological polar surface area (TPSA) is 77.1 Å². The molecule has 0 unspecified atom stereocenters. The third-order valence-electron chi connectivity index (χ3n) is 5.36. The van der Waals surface area contributed by atoms with Gasteiger partial charge in [-0.05, 0) is 36.8 Å². The number of nitrogens with zero attached hydrogens (tertiary/aromatic N) is 1. The Balaban J connectivity index is 1.82. The van der Waals surface area contributed by atoms with Crippen molar-refractivity contribution in [2.45, 2.75) is 13.3 Å². The third-order valence-corrected chi connectivity index (χ3v) is 5.36. The zero-order valence-electron chi connectivity index (χ0n) is 19.3. The van der Waals surface area contributed by atoms with Crippen molar-refractivity contribution in [3.8, 4) is 17.2 Å². The largest absolute Gasteiger partial charge is 0.496 e. The van der Waals surface area contributed by atoms with E-state index >= 15 is 0 Å². The Labute approximate surface area is 198 Å². The molecule has 0 radical (unpaired) electrons. The second-order valence-electron chi connectivity index (χ2n) is 7.57. The number of methoxy groups -OCH3 is 2. The van der Waals surface area contributed by atoms with Gasteiger partial charge in [0, 0.05) is 17.3 Å². The second-order valence-corrected chi connectivity index (χ2v) is 7.57. The molecule has 3 aromatic carbocycles. The third kappa shape index (κ3) is 4.32. The molecular weight excluding hydrogens is 432 g/mol. The van der Waals surface area contributed by atoms with Crippen LogP contribution in [-0.2, 0) is 9.59 Å². The van der Waals surface area contributed by atoms with Crippen LogP contribution >= 0.6 is 0 Å². The number of hydrogen-bond donors (Lipinski definition) is 1. The standard InChI is InChI=1S/C27H26N2O5/c1-4-16-34-19-11-9-10-18(17-19)28-25-24(20-12-5-7-14-22(20)32-2)26(30)29(27(25)31)21-13-6-8-15-23(21)33-3/h5-15,17,28H,4,16H2,1-3H3. The van der Waals surface area contributed by atoms with Gasteiger partial charge in [-0.1, -0.05) is 43.3 Å². The van der Waals surface area contributed by atoms with E-state index in [-0.39, 0.29) is 11.3 Å². The van der Waals surface area contributed by atoms with Crippen LogP contribution in [0.25, 0.3) is 5.57 Å². The molecule has 1 aliphatic rings. The van der Waals surface area contributed by atoms with Crippen LogP contribution in [0.15, 0.2) is 78.5 Å². The maximum absolute atomic E-state index is 13.7. The summed E-state index contributed by atoms with van der Waals surface area (Å²) in [4.78, 5) is 28.5. The Morgan fingerprint density at radius 2 is 1.53 bits per heavy atom. The summed E-state index contributed by atoms with van der Waals surface area (Å²) in [6.07, 6.45) is 0.877. The fraction of sp³-hybridized carbons (Fsp3) is 0.185. The first-order chi connectivity index (χ1) is 16.6. The lowest BCUT2D eigenvalue weighted by Crippen LogP contribution is -2.32. The van der Waals surface area contributed by atoms with Crippen LogP contribution in [0.1, 0.15) is 18.9 Å². The van der Waals surface area contributed by atoms with Crippen molar-refractivity contribution in [3.63, 3.8) is 0 Å². The highest BCUT2D eigenvalue weighted by molar-refractivity contribution is 6.46. The van der Waals surface area contributed by atoms with Gasteiger partial charge < -0.3 is 19.5 Å². The number of para-hydroxylation sites is 3. The van der Waals surface area contributed by atoms with E-state index in [0.29, 0.717) is 40.8 Å². The molecule has 3 aromatic rings. The fourth-order valence-corrected chi connectivity index (χ4v) is 3.81. The van der Waals surface area contributed by atoms with E-state index in [0.717, 1.165) is 11.3 Å². The van der Waals surface area contributed by atoms with Crippen LogP contribution in [0, 0.1) is 0 Å². The lowest BCUT2D eigenvalue weighted by atomic mass is 10.0. The van der Waals surface area contributed by atoms with Crippen molar-refractivity contribution in [2.75, 3.05) is 31.0 Å². The smallest absolute Gasteiger partial charge is 0.282 e. The summed E-state index contributed by atoms with van der Waals surface area (Å²) in [5, 5.41) is 3.17. The van der Waals surface area contributed by atoms with E-state index in [2.05, 4.69) is 5.32 Å². The van der Waals surface area contributed by atoms with Gasteiger partial charge >= 0.3 is 0 Å². The quantitative estimate of drug-likeness (QED) is 0.460. The highest BCUT2D eigenvalue weighted by atomic mass is 16.5. The predicted molar refractivity (Wildman–Crippen MR) is 131 cm³/mol. The van der Waals surface area contributed by atoms with Gasteiger partial charge in [-0.2, -0.15) is 0 Å². The number of rotatable bonds is 9. The van der Waals surface area contributed by atoms with Crippen LogP contribution in [0.3, 0.4) is 0 Å². The van der Waals surface area contributed by atoms with Gasteiger partial charge in [0.25, 0.3) is 11.8 Å². The van der Waals surface area contributed by atoms with Gasteiger partial charge in [-0.3, -0.25) is 9.59 Å². The number of benzene rings is 3. The molecule has 0 spiro atoms. The Kier molecular flexibility index (Phi) is 6.82. The number of amides is 2. The molecule has 0 aromatic heterocycles. The zero-order valence-corrected chi connectivity index (χ0v) is 19.3. The monoisotopic (exact) mass is 458 g/mol. The summed E-state index contributed by atoms with van der Waals surface area (Å²) in [5.74, 6) is 0.611. The maximum Gasteiger partial charge on any atom is 0.282 e. The highest BCUT2D eigenvalue weighted by Crippen LogP contribution is 2.40. The summed E-state index contributed by atoms with van der Waals surface area (Å²) >= 11 is 0. The maximum atomic E-state index is 13.7. The fourth-order valence-electron chi connectivity index (χ4n) is 3.81. The van der Waals surface area contributed by atoms with Gasteiger partial charge in [0.1, 0.15) is 22.9 Å². The number of anilines is 2. The van der Waals surface area contributed by atoms with Crippen molar-refractivity contribution in [1.29, 1.82) is 0 Å². The minimum absolute atomic E-state index is 0.146. The SMILES string of the molecule is CCCOc1cccc(NC2=C(c3ccccc3OC)C(=O)N(c3ccccc3OC)C2=O)c1. The lowest BCUT2D eigenvalue weighted by molar-refractivity contribution is -0.120. The minimum atomic E-state index is -0.490. The first-order valence-electron chi connectivity index (χ1n) is 11.0. The van der Waals surface area contributed by atoms with E-state index in [1.807, 2.05) is 31.2 Å².